The third-order valence-electron chi connectivity index (χ3n) is 6.37. The zero-order valence-corrected chi connectivity index (χ0v) is 22.3. The molecule has 2 aromatic carbocycles. The van der Waals surface area contributed by atoms with Crippen molar-refractivity contribution < 1.29 is 48.0 Å². The lowest BCUT2D eigenvalue weighted by molar-refractivity contribution is -0.136. The highest BCUT2D eigenvalue weighted by atomic mass is 16.6. The first-order chi connectivity index (χ1) is 19.9. The molecule has 1 unspecified atom stereocenters. The quantitative estimate of drug-likeness (QED) is 0.197. The number of amides is 4. The Balaban J connectivity index is 1.07. The van der Waals surface area contributed by atoms with Crippen molar-refractivity contribution in [1.29, 1.82) is 0 Å². The summed E-state index contributed by atoms with van der Waals surface area (Å²) in [7, 11) is 0. The number of rotatable bonds is 16. The first kappa shape index (κ1) is 29.6. The number of nitrogens with zero attached hydrogens (tertiary/aromatic N) is 1. The van der Waals surface area contributed by atoms with Gasteiger partial charge in [0.25, 0.3) is 11.8 Å². The molecule has 4 amide bonds. The number of piperidine rings is 1. The topological polar surface area (TPSA) is 170 Å². The van der Waals surface area contributed by atoms with E-state index in [1.807, 2.05) is 0 Å². The van der Waals surface area contributed by atoms with E-state index in [2.05, 4.69) is 10.6 Å². The van der Waals surface area contributed by atoms with E-state index in [1.54, 1.807) is 30.3 Å². The molecule has 0 aromatic heterocycles. The maximum absolute atomic E-state index is 13.1. The standard InChI is InChI=1S/C28H31N3O10/c32-23-9-8-22(25(33)30-23)31-26(34)20-2-1-3-21(24(20)27(31)35)29-10-11-38-12-13-39-14-15-40-16-17-41-19-6-4-18(5-7-19)28(36)37/h1-7,22,29H,8-17H2,(H,36,37)(H,30,32,33). The molecule has 218 valence electrons. The van der Waals surface area contributed by atoms with Gasteiger partial charge in [0.1, 0.15) is 18.4 Å². The highest BCUT2D eigenvalue weighted by molar-refractivity contribution is 6.25. The molecule has 0 radical (unpaired) electrons. The number of carbonyl (C=O) groups excluding carboxylic acids is 4. The summed E-state index contributed by atoms with van der Waals surface area (Å²) in [5, 5.41) is 14.2. The maximum atomic E-state index is 13.1. The van der Waals surface area contributed by atoms with Crippen molar-refractivity contribution in [3.63, 3.8) is 0 Å². The fraction of sp³-hybridized carbons (Fsp3) is 0.393. The molecule has 1 fully saturated rings. The highest BCUT2D eigenvalue weighted by Crippen LogP contribution is 2.32. The predicted molar refractivity (Wildman–Crippen MR) is 143 cm³/mol. The summed E-state index contributed by atoms with van der Waals surface area (Å²) in [5.41, 5.74) is 1.07. The van der Waals surface area contributed by atoms with Gasteiger partial charge in [-0.2, -0.15) is 0 Å². The second-order valence-electron chi connectivity index (χ2n) is 9.12. The summed E-state index contributed by atoms with van der Waals surface area (Å²) in [4.78, 5) is 61.4. The van der Waals surface area contributed by atoms with Crippen LogP contribution in [0.25, 0.3) is 0 Å². The molecule has 1 atom stereocenters. The van der Waals surface area contributed by atoms with Crippen LogP contribution in [0.3, 0.4) is 0 Å². The zero-order valence-electron chi connectivity index (χ0n) is 22.3. The molecule has 0 saturated carbocycles. The normalized spacial score (nSPS) is 16.5. The van der Waals surface area contributed by atoms with Crippen molar-refractivity contribution >= 4 is 35.3 Å². The minimum absolute atomic E-state index is 0.0616. The van der Waals surface area contributed by atoms with Crippen molar-refractivity contribution in [3.05, 3.63) is 59.2 Å². The molecule has 2 aliphatic heterocycles. The average molecular weight is 570 g/mol. The monoisotopic (exact) mass is 569 g/mol. The Morgan fingerprint density at radius 3 is 2.20 bits per heavy atom. The minimum Gasteiger partial charge on any atom is -0.491 e. The number of carboxylic acid groups (broad SMARTS) is 1. The van der Waals surface area contributed by atoms with Crippen LogP contribution in [0.1, 0.15) is 43.9 Å². The number of ether oxygens (including phenoxy) is 4. The van der Waals surface area contributed by atoms with Gasteiger partial charge < -0.3 is 29.4 Å². The number of hydrogen-bond donors (Lipinski definition) is 3. The minimum atomic E-state index is -1.01. The molecule has 13 heteroatoms. The van der Waals surface area contributed by atoms with Crippen LogP contribution in [0.4, 0.5) is 5.69 Å². The molecule has 2 heterocycles. The van der Waals surface area contributed by atoms with E-state index >= 15 is 0 Å². The molecular weight excluding hydrogens is 538 g/mol. The van der Waals surface area contributed by atoms with E-state index in [9.17, 15) is 24.0 Å². The van der Waals surface area contributed by atoms with Gasteiger partial charge in [-0.3, -0.25) is 29.4 Å². The van der Waals surface area contributed by atoms with Gasteiger partial charge in [-0.25, -0.2) is 4.79 Å². The molecule has 0 aliphatic carbocycles. The lowest BCUT2D eigenvalue weighted by atomic mass is 10.0. The van der Waals surface area contributed by atoms with Gasteiger partial charge in [-0.15, -0.1) is 0 Å². The van der Waals surface area contributed by atoms with Crippen LogP contribution in [0.5, 0.6) is 5.75 Å². The van der Waals surface area contributed by atoms with Crippen LogP contribution in [0, 0.1) is 0 Å². The molecule has 0 bridgehead atoms. The van der Waals surface area contributed by atoms with Crippen molar-refractivity contribution in [2.75, 3.05) is 58.1 Å². The van der Waals surface area contributed by atoms with E-state index < -0.39 is 35.6 Å². The van der Waals surface area contributed by atoms with Crippen LogP contribution in [-0.4, -0.2) is 98.4 Å². The lowest BCUT2D eigenvalue weighted by Gasteiger charge is -2.27. The van der Waals surface area contributed by atoms with E-state index in [0.29, 0.717) is 64.2 Å². The van der Waals surface area contributed by atoms with Gasteiger partial charge in [-0.1, -0.05) is 6.07 Å². The van der Waals surface area contributed by atoms with Gasteiger partial charge >= 0.3 is 5.97 Å². The fourth-order valence-electron chi connectivity index (χ4n) is 4.37. The van der Waals surface area contributed by atoms with Crippen LogP contribution in [0.15, 0.2) is 42.5 Å². The van der Waals surface area contributed by atoms with Crippen molar-refractivity contribution in [2.45, 2.75) is 18.9 Å². The maximum Gasteiger partial charge on any atom is 0.335 e. The van der Waals surface area contributed by atoms with E-state index in [4.69, 9.17) is 24.1 Å². The Hall–Kier alpha value is -4.33. The molecule has 3 N–H and O–H groups in total. The molecule has 13 nitrogen and oxygen atoms in total. The number of benzene rings is 2. The number of aromatic carboxylic acids is 1. The molecule has 4 rings (SSSR count). The van der Waals surface area contributed by atoms with Crippen LogP contribution >= 0.6 is 0 Å². The number of anilines is 1. The Morgan fingerprint density at radius 1 is 0.878 bits per heavy atom. The summed E-state index contributed by atoms with van der Waals surface area (Å²) in [6, 6.07) is 9.99. The van der Waals surface area contributed by atoms with Crippen LogP contribution in [-0.2, 0) is 23.8 Å². The van der Waals surface area contributed by atoms with E-state index in [-0.39, 0.29) is 29.5 Å². The van der Waals surface area contributed by atoms with Crippen molar-refractivity contribution in [3.8, 4) is 5.75 Å². The number of nitrogens with one attached hydrogen (secondary N) is 2. The fourth-order valence-corrected chi connectivity index (χ4v) is 4.37. The smallest absolute Gasteiger partial charge is 0.335 e. The average Bonchev–Trinajstić information content (AvgIpc) is 3.21. The first-order valence-electron chi connectivity index (χ1n) is 13.1. The largest absolute Gasteiger partial charge is 0.491 e. The van der Waals surface area contributed by atoms with Gasteiger partial charge in [0.05, 0.1) is 56.3 Å². The summed E-state index contributed by atoms with van der Waals surface area (Å²) in [5.74, 6) is -2.62. The Bertz CT molecular complexity index is 1280. The second-order valence-corrected chi connectivity index (χ2v) is 9.12. The highest BCUT2D eigenvalue weighted by Gasteiger charge is 2.45. The summed E-state index contributed by atoms with van der Waals surface area (Å²) < 4.78 is 21.9. The molecular formula is C28H31N3O10. The molecule has 0 spiro atoms. The summed E-state index contributed by atoms with van der Waals surface area (Å²) in [6.07, 6.45) is 0.161. The second kappa shape index (κ2) is 14.3. The van der Waals surface area contributed by atoms with Gasteiger partial charge in [0.15, 0.2) is 0 Å². The van der Waals surface area contributed by atoms with Gasteiger partial charge in [-0.05, 0) is 42.8 Å². The SMILES string of the molecule is O=C1CCC(N2C(=O)c3cccc(NCCOCCOCCOCCOc4ccc(C(=O)O)cc4)c3C2=O)C(=O)N1. The van der Waals surface area contributed by atoms with E-state index in [0.717, 1.165) is 4.90 Å². The lowest BCUT2D eigenvalue weighted by Crippen LogP contribution is -2.54. The number of carboxylic acids is 1. The first-order valence-corrected chi connectivity index (χ1v) is 13.1. The Labute approximate surface area is 235 Å². The van der Waals surface area contributed by atoms with Gasteiger partial charge in [0, 0.05) is 18.7 Å². The number of fused-ring (bicyclic) bond motifs is 1. The summed E-state index contributed by atoms with van der Waals surface area (Å²) in [6.45, 7) is 2.85. The van der Waals surface area contributed by atoms with Crippen LogP contribution < -0.4 is 15.4 Å². The molecule has 41 heavy (non-hydrogen) atoms. The van der Waals surface area contributed by atoms with Crippen LogP contribution in [0.2, 0.25) is 0 Å². The third kappa shape index (κ3) is 7.66. The number of carbonyl (C=O) groups is 5. The van der Waals surface area contributed by atoms with Crippen molar-refractivity contribution in [2.24, 2.45) is 0 Å². The molecule has 2 aliphatic rings. The third-order valence-corrected chi connectivity index (χ3v) is 6.37. The van der Waals surface area contributed by atoms with Crippen molar-refractivity contribution in [1.82, 2.24) is 10.2 Å². The predicted octanol–water partition coefficient (Wildman–Crippen LogP) is 1.33. The zero-order chi connectivity index (χ0) is 29.2. The van der Waals surface area contributed by atoms with Gasteiger partial charge in [0.2, 0.25) is 11.8 Å². The Kier molecular flexibility index (Phi) is 10.4. The Morgan fingerprint density at radius 2 is 1.54 bits per heavy atom. The number of hydrogen-bond acceptors (Lipinski definition) is 10. The molecule has 1 saturated heterocycles. The van der Waals surface area contributed by atoms with E-state index in [1.165, 1.54) is 12.1 Å². The molecule has 2 aromatic rings. The summed E-state index contributed by atoms with van der Waals surface area (Å²) >= 11 is 0. The number of imide groups is 2.